The van der Waals surface area contributed by atoms with Crippen LogP contribution in [0.25, 0.3) is 0 Å². The van der Waals surface area contributed by atoms with Gasteiger partial charge in [0.25, 0.3) is 5.91 Å². The fourth-order valence-electron chi connectivity index (χ4n) is 1.88. The highest BCUT2D eigenvalue weighted by Crippen LogP contribution is 2.23. The third-order valence-electron chi connectivity index (χ3n) is 3.10. The van der Waals surface area contributed by atoms with E-state index in [0.717, 1.165) is 13.1 Å². The number of rotatable bonds is 7. The molecule has 2 aromatic rings. The maximum atomic E-state index is 12.2. The predicted molar refractivity (Wildman–Crippen MR) is 90.0 cm³/mol. The van der Waals surface area contributed by atoms with Gasteiger partial charge in [-0.15, -0.1) is 0 Å². The number of carbonyl (C=O) groups excluding carboxylic acids is 1. The first-order valence-electron chi connectivity index (χ1n) is 7.25. The van der Waals surface area contributed by atoms with E-state index in [1.807, 2.05) is 26.2 Å². The Labute approximate surface area is 135 Å². The van der Waals surface area contributed by atoms with Crippen LogP contribution >= 0.6 is 0 Å². The third kappa shape index (κ3) is 4.93. The molecular formula is C16H21N5O2. The second-order valence-corrected chi connectivity index (χ2v) is 5.17. The van der Waals surface area contributed by atoms with Crippen molar-refractivity contribution in [2.24, 2.45) is 0 Å². The molecule has 0 bridgehead atoms. The zero-order chi connectivity index (χ0) is 16.7. The number of ether oxygens (including phenoxy) is 1. The van der Waals surface area contributed by atoms with Crippen molar-refractivity contribution >= 4 is 17.4 Å². The molecule has 0 saturated carbocycles. The molecule has 0 atom stereocenters. The van der Waals surface area contributed by atoms with Gasteiger partial charge in [-0.25, -0.2) is 9.97 Å². The number of methoxy groups -OCH3 is 1. The van der Waals surface area contributed by atoms with Crippen molar-refractivity contribution in [1.29, 1.82) is 0 Å². The van der Waals surface area contributed by atoms with Crippen molar-refractivity contribution in [3.63, 3.8) is 0 Å². The first-order chi connectivity index (χ1) is 11.1. The number of hydrogen-bond acceptors (Lipinski definition) is 6. The fourth-order valence-corrected chi connectivity index (χ4v) is 1.88. The maximum Gasteiger partial charge on any atom is 0.275 e. The third-order valence-corrected chi connectivity index (χ3v) is 3.10. The summed E-state index contributed by atoms with van der Waals surface area (Å²) in [6.45, 7) is 1.64. The van der Waals surface area contributed by atoms with Gasteiger partial charge >= 0.3 is 0 Å². The highest BCUT2D eigenvalue weighted by molar-refractivity contribution is 6.03. The van der Waals surface area contributed by atoms with Gasteiger partial charge in [0.1, 0.15) is 17.3 Å². The highest BCUT2D eigenvalue weighted by atomic mass is 16.5. The summed E-state index contributed by atoms with van der Waals surface area (Å²) in [6, 6.07) is 7.20. The fraction of sp³-hybridized carbons (Fsp3) is 0.312. The van der Waals surface area contributed by atoms with Crippen LogP contribution in [0.5, 0.6) is 5.75 Å². The molecule has 0 aliphatic rings. The number of aromatic nitrogens is 2. The molecule has 7 heteroatoms. The molecule has 0 spiro atoms. The lowest BCUT2D eigenvalue weighted by atomic mass is 10.3. The number of para-hydroxylation sites is 2. The molecule has 122 valence electrons. The minimum atomic E-state index is -0.332. The van der Waals surface area contributed by atoms with Gasteiger partial charge in [-0.3, -0.25) is 4.79 Å². The molecule has 23 heavy (non-hydrogen) atoms. The van der Waals surface area contributed by atoms with E-state index in [-0.39, 0.29) is 11.6 Å². The monoisotopic (exact) mass is 315 g/mol. The minimum Gasteiger partial charge on any atom is -0.495 e. The summed E-state index contributed by atoms with van der Waals surface area (Å²) in [6.07, 6.45) is 3.00. The van der Waals surface area contributed by atoms with E-state index >= 15 is 0 Å². The van der Waals surface area contributed by atoms with Crippen LogP contribution in [-0.2, 0) is 0 Å². The summed E-state index contributed by atoms with van der Waals surface area (Å²) < 4.78 is 5.20. The van der Waals surface area contributed by atoms with Crippen molar-refractivity contribution < 1.29 is 9.53 Å². The van der Waals surface area contributed by atoms with E-state index in [1.165, 1.54) is 6.20 Å². The number of amides is 1. The smallest absolute Gasteiger partial charge is 0.275 e. The summed E-state index contributed by atoms with van der Waals surface area (Å²) >= 11 is 0. The van der Waals surface area contributed by atoms with Crippen LogP contribution in [0, 0.1) is 0 Å². The molecule has 2 rings (SSSR count). The molecular weight excluding hydrogens is 294 g/mol. The number of likely N-dealkylation sites (N-methyl/N-ethyl adjacent to an activating group) is 1. The molecule has 7 nitrogen and oxygen atoms in total. The lowest BCUT2D eigenvalue weighted by molar-refractivity contribution is 0.102. The largest absolute Gasteiger partial charge is 0.495 e. The zero-order valence-electron chi connectivity index (χ0n) is 13.5. The van der Waals surface area contributed by atoms with E-state index in [9.17, 15) is 4.79 Å². The van der Waals surface area contributed by atoms with Gasteiger partial charge in [0, 0.05) is 13.1 Å². The van der Waals surface area contributed by atoms with Gasteiger partial charge in [-0.2, -0.15) is 0 Å². The number of nitrogens with zero attached hydrogens (tertiary/aromatic N) is 3. The topological polar surface area (TPSA) is 79.4 Å². The Balaban J connectivity index is 1.97. The van der Waals surface area contributed by atoms with Crippen molar-refractivity contribution in [3.05, 3.63) is 42.4 Å². The molecule has 0 fully saturated rings. The van der Waals surface area contributed by atoms with Crippen molar-refractivity contribution in [3.8, 4) is 5.75 Å². The average molecular weight is 315 g/mol. The average Bonchev–Trinajstić information content (AvgIpc) is 2.55. The molecule has 1 amide bonds. The van der Waals surface area contributed by atoms with Crippen molar-refractivity contribution in [2.45, 2.75) is 0 Å². The Hall–Kier alpha value is -2.67. The van der Waals surface area contributed by atoms with Crippen LogP contribution in [0.15, 0.2) is 36.7 Å². The number of carbonyl (C=O) groups is 1. The predicted octanol–water partition coefficient (Wildman–Crippen LogP) is 1.71. The van der Waals surface area contributed by atoms with Crippen LogP contribution < -0.4 is 15.4 Å². The van der Waals surface area contributed by atoms with Crippen LogP contribution in [0.4, 0.5) is 11.5 Å². The lowest BCUT2D eigenvalue weighted by Crippen LogP contribution is -2.21. The number of nitrogens with one attached hydrogen (secondary N) is 2. The molecule has 1 heterocycles. The first kappa shape index (κ1) is 16.7. The quantitative estimate of drug-likeness (QED) is 0.810. The van der Waals surface area contributed by atoms with E-state index in [1.54, 1.807) is 25.4 Å². The SMILES string of the molecule is COc1ccccc1NC(=O)c1cnc(NCCN(C)C)cn1. The number of anilines is 2. The van der Waals surface area contributed by atoms with Gasteiger partial charge in [0.15, 0.2) is 0 Å². The normalized spacial score (nSPS) is 10.4. The van der Waals surface area contributed by atoms with E-state index < -0.39 is 0 Å². The number of hydrogen-bond donors (Lipinski definition) is 2. The van der Waals surface area contributed by atoms with Crippen LogP contribution in [0.1, 0.15) is 10.5 Å². The van der Waals surface area contributed by atoms with Crippen LogP contribution in [0.3, 0.4) is 0 Å². The summed E-state index contributed by atoms with van der Waals surface area (Å²) in [7, 11) is 5.55. The summed E-state index contributed by atoms with van der Waals surface area (Å²) in [5, 5.41) is 5.90. The summed E-state index contributed by atoms with van der Waals surface area (Å²) in [5.74, 6) is 0.901. The molecule has 0 saturated heterocycles. The van der Waals surface area contributed by atoms with E-state index in [0.29, 0.717) is 17.3 Å². The highest BCUT2D eigenvalue weighted by Gasteiger charge is 2.11. The van der Waals surface area contributed by atoms with Crippen molar-refractivity contribution in [2.75, 3.05) is 44.9 Å². The van der Waals surface area contributed by atoms with E-state index in [4.69, 9.17) is 4.74 Å². The Morgan fingerprint density at radius 1 is 1.22 bits per heavy atom. The van der Waals surface area contributed by atoms with Gasteiger partial charge in [-0.05, 0) is 26.2 Å². The van der Waals surface area contributed by atoms with Gasteiger partial charge < -0.3 is 20.3 Å². The molecule has 0 unspecified atom stereocenters. The molecule has 1 aromatic heterocycles. The van der Waals surface area contributed by atoms with Gasteiger partial charge in [0.2, 0.25) is 0 Å². The molecule has 2 N–H and O–H groups in total. The Kier molecular flexibility index (Phi) is 5.87. The zero-order valence-corrected chi connectivity index (χ0v) is 13.5. The first-order valence-corrected chi connectivity index (χ1v) is 7.25. The van der Waals surface area contributed by atoms with Gasteiger partial charge in [0.05, 0.1) is 25.2 Å². The Morgan fingerprint density at radius 2 is 2.00 bits per heavy atom. The summed E-state index contributed by atoms with van der Waals surface area (Å²) in [5.41, 5.74) is 0.837. The Morgan fingerprint density at radius 3 is 2.65 bits per heavy atom. The standard InChI is InChI=1S/C16H21N5O2/c1-21(2)9-8-17-15-11-18-13(10-19-15)16(22)20-12-6-4-5-7-14(12)23-3/h4-7,10-11H,8-9H2,1-3H3,(H,17,19)(H,20,22). The minimum absolute atomic E-state index is 0.245. The van der Waals surface area contributed by atoms with E-state index in [2.05, 4.69) is 25.5 Å². The summed E-state index contributed by atoms with van der Waals surface area (Å²) in [4.78, 5) is 22.6. The Bertz CT molecular complexity index is 643. The van der Waals surface area contributed by atoms with Crippen LogP contribution in [-0.4, -0.2) is 55.1 Å². The maximum absolute atomic E-state index is 12.2. The molecule has 0 aliphatic carbocycles. The van der Waals surface area contributed by atoms with Crippen molar-refractivity contribution in [1.82, 2.24) is 14.9 Å². The number of benzene rings is 1. The second kappa shape index (κ2) is 8.09. The molecule has 0 radical (unpaired) electrons. The van der Waals surface area contributed by atoms with Crippen LogP contribution in [0.2, 0.25) is 0 Å². The second-order valence-electron chi connectivity index (χ2n) is 5.17. The molecule has 0 aliphatic heterocycles. The lowest BCUT2D eigenvalue weighted by Gasteiger charge is -2.11. The molecule has 1 aromatic carbocycles. The van der Waals surface area contributed by atoms with Gasteiger partial charge in [-0.1, -0.05) is 12.1 Å².